The Labute approximate surface area is 152 Å². The van der Waals surface area contributed by atoms with Crippen molar-refractivity contribution in [2.24, 2.45) is 5.92 Å². The molecule has 6 heteroatoms. The molecule has 0 saturated carbocycles. The molecule has 0 fully saturated rings. The van der Waals surface area contributed by atoms with Crippen LogP contribution in [0.25, 0.3) is 10.8 Å². The van der Waals surface area contributed by atoms with Gasteiger partial charge in [-0.1, -0.05) is 26.0 Å². The van der Waals surface area contributed by atoms with Crippen LogP contribution in [0.4, 0.5) is 11.4 Å². The van der Waals surface area contributed by atoms with Gasteiger partial charge in [-0.05, 0) is 35.7 Å². The molecule has 0 amide bonds. The van der Waals surface area contributed by atoms with Gasteiger partial charge >= 0.3 is 0 Å². The van der Waals surface area contributed by atoms with Gasteiger partial charge in [0.15, 0.2) is 0 Å². The zero-order chi connectivity index (χ0) is 18.7. The van der Waals surface area contributed by atoms with Crippen molar-refractivity contribution in [3.05, 3.63) is 70.5 Å². The minimum absolute atomic E-state index is 0.0544. The van der Waals surface area contributed by atoms with Gasteiger partial charge in [-0.2, -0.15) is 0 Å². The van der Waals surface area contributed by atoms with Gasteiger partial charge < -0.3 is 10.1 Å². The number of rotatable bonds is 6. The lowest BCUT2D eigenvalue weighted by Gasteiger charge is -2.25. The SMILES string of the molecule is COc1ccc(C(Nc2ccc([N+](=O)[O-])c3cnccc23)C(C)C)cc1. The number of methoxy groups -OCH3 is 1. The number of non-ortho nitro benzene ring substituents is 1. The summed E-state index contributed by atoms with van der Waals surface area (Å²) in [4.78, 5) is 14.9. The maximum Gasteiger partial charge on any atom is 0.278 e. The zero-order valence-electron chi connectivity index (χ0n) is 15.0. The van der Waals surface area contributed by atoms with Crippen LogP contribution in [-0.4, -0.2) is 17.0 Å². The number of hydrogen-bond donors (Lipinski definition) is 1. The third kappa shape index (κ3) is 3.44. The number of nitrogens with one attached hydrogen (secondary N) is 1. The first-order chi connectivity index (χ1) is 12.5. The number of pyridine rings is 1. The summed E-state index contributed by atoms with van der Waals surface area (Å²) in [6, 6.07) is 13.1. The fourth-order valence-corrected chi connectivity index (χ4v) is 3.07. The molecule has 0 bridgehead atoms. The van der Waals surface area contributed by atoms with Crippen LogP contribution in [0.15, 0.2) is 54.9 Å². The summed E-state index contributed by atoms with van der Waals surface area (Å²) >= 11 is 0. The molecule has 0 spiro atoms. The molecule has 0 aliphatic carbocycles. The molecule has 1 unspecified atom stereocenters. The standard InChI is InChI=1S/C20H21N3O3/c1-13(2)20(14-4-6-15(26-3)7-5-14)22-18-8-9-19(23(24)25)17-12-21-11-10-16(17)18/h4-13,20,22H,1-3H3. The fraction of sp³-hybridized carbons (Fsp3) is 0.250. The summed E-state index contributed by atoms with van der Waals surface area (Å²) in [5.41, 5.74) is 2.04. The molecule has 1 aromatic heterocycles. The van der Waals surface area contributed by atoms with Crippen LogP contribution >= 0.6 is 0 Å². The maximum absolute atomic E-state index is 11.3. The molecule has 6 nitrogen and oxygen atoms in total. The van der Waals surface area contributed by atoms with Crippen molar-refractivity contribution < 1.29 is 9.66 Å². The first kappa shape index (κ1) is 17.7. The van der Waals surface area contributed by atoms with Crippen LogP contribution in [0, 0.1) is 16.0 Å². The minimum atomic E-state index is -0.378. The van der Waals surface area contributed by atoms with Crippen LogP contribution < -0.4 is 10.1 Å². The van der Waals surface area contributed by atoms with Crippen LogP contribution in [-0.2, 0) is 0 Å². The molecular weight excluding hydrogens is 330 g/mol. The van der Waals surface area contributed by atoms with Crippen molar-refractivity contribution in [2.75, 3.05) is 12.4 Å². The number of benzene rings is 2. The van der Waals surface area contributed by atoms with Crippen molar-refractivity contribution in [3.63, 3.8) is 0 Å². The number of hydrogen-bond acceptors (Lipinski definition) is 5. The van der Waals surface area contributed by atoms with E-state index in [-0.39, 0.29) is 16.7 Å². The average Bonchev–Trinajstić information content (AvgIpc) is 2.65. The molecule has 3 aromatic rings. The highest BCUT2D eigenvalue weighted by Crippen LogP contribution is 2.34. The van der Waals surface area contributed by atoms with Gasteiger partial charge in [0.25, 0.3) is 5.69 Å². The number of nitro benzene ring substituents is 1. The lowest BCUT2D eigenvalue weighted by Crippen LogP contribution is -2.17. The van der Waals surface area contributed by atoms with Crippen LogP contribution in [0.3, 0.4) is 0 Å². The monoisotopic (exact) mass is 351 g/mol. The van der Waals surface area contributed by atoms with E-state index in [2.05, 4.69) is 24.1 Å². The van der Waals surface area contributed by atoms with E-state index in [1.165, 1.54) is 12.3 Å². The summed E-state index contributed by atoms with van der Waals surface area (Å²) in [6.07, 6.45) is 3.19. The van der Waals surface area contributed by atoms with Crippen LogP contribution in [0.5, 0.6) is 5.75 Å². The quantitative estimate of drug-likeness (QED) is 0.501. The highest BCUT2D eigenvalue weighted by atomic mass is 16.6. The van der Waals surface area contributed by atoms with Crippen LogP contribution in [0.2, 0.25) is 0 Å². The van der Waals surface area contributed by atoms with E-state index in [0.717, 1.165) is 22.4 Å². The predicted octanol–water partition coefficient (Wildman–Crippen LogP) is 4.96. The number of nitro groups is 1. The van der Waals surface area contributed by atoms with Gasteiger partial charge in [-0.25, -0.2) is 0 Å². The molecule has 1 atom stereocenters. The third-order valence-corrected chi connectivity index (χ3v) is 4.44. The van der Waals surface area contributed by atoms with Gasteiger partial charge in [0, 0.05) is 29.5 Å². The first-order valence-corrected chi connectivity index (χ1v) is 8.43. The predicted molar refractivity (Wildman–Crippen MR) is 103 cm³/mol. The molecule has 2 aromatic carbocycles. The Bertz CT molecular complexity index is 923. The smallest absolute Gasteiger partial charge is 0.278 e. The zero-order valence-corrected chi connectivity index (χ0v) is 15.0. The Kier molecular flexibility index (Phi) is 5.02. The summed E-state index contributed by atoms with van der Waals surface area (Å²) in [6.45, 7) is 4.27. The summed E-state index contributed by atoms with van der Waals surface area (Å²) in [5, 5.41) is 16.1. The van der Waals surface area contributed by atoms with E-state index < -0.39 is 0 Å². The lowest BCUT2D eigenvalue weighted by molar-refractivity contribution is -0.383. The van der Waals surface area contributed by atoms with E-state index in [9.17, 15) is 10.1 Å². The number of fused-ring (bicyclic) bond motifs is 1. The summed E-state index contributed by atoms with van der Waals surface area (Å²) in [5.74, 6) is 1.12. The summed E-state index contributed by atoms with van der Waals surface area (Å²) < 4.78 is 5.23. The van der Waals surface area contributed by atoms with E-state index in [1.54, 1.807) is 25.4 Å². The number of nitrogens with zero attached hydrogens (tertiary/aromatic N) is 2. The molecule has 0 radical (unpaired) electrons. The molecule has 134 valence electrons. The Morgan fingerprint density at radius 3 is 2.42 bits per heavy atom. The van der Waals surface area contributed by atoms with Crippen molar-refractivity contribution in [1.82, 2.24) is 4.98 Å². The lowest BCUT2D eigenvalue weighted by atomic mass is 9.95. The van der Waals surface area contributed by atoms with Gasteiger partial charge in [-0.3, -0.25) is 15.1 Å². The molecule has 3 rings (SSSR count). The van der Waals surface area contributed by atoms with Crippen molar-refractivity contribution in [3.8, 4) is 5.75 Å². The molecule has 1 heterocycles. The fourth-order valence-electron chi connectivity index (χ4n) is 3.07. The Morgan fingerprint density at radius 1 is 1.08 bits per heavy atom. The van der Waals surface area contributed by atoms with Gasteiger partial charge in [0.05, 0.1) is 23.5 Å². The average molecular weight is 351 g/mol. The molecular formula is C20H21N3O3. The second-order valence-corrected chi connectivity index (χ2v) is 6.45. The second kappa shape index (κ2) is 7.39. The van der Waals surface area contributed by atoms with Crippen LogP contribution in [0.1, 0.15) is 25.5 Å². The normalized spacial score (nSPS) is 12.2. The van der Waals surface area contributed by atoms with Gasteiger partial charge in [0.1, 0.15) is 5.75 Å². The van der Waals surface area contributed by atoms with E-state index in [0.29, 0.717) is 11.3 Å². The molecule has 0 aliphatic heterocycles. The molecule has 26 heavy (non-hydrogen) atoms. The minimum Gasteiger partial charge on any atom is -0.497 e. The Balaban J connectivity index is 2.02. The largest absolute Gasteiger partial charge is 0.497 e. The number of aromatic nitrogens is 1. The maximum atomic E-state index is 11.3. The Hall–Kier alpha value is -3.15. The van der Waals surface area contributed by atoms with E-state index in [1.807, 2.05) is 24.3 Å². The van der Waals surface area contributed by atoms with Gasteiger partial charge in [0.2, 0.25) is 0 Å². The first-order valence-electron chi connectivity index (χ1n) is 8.43. The van der Waals surface area contributed by atoms with Crippen molar-refractivity contribution in [1.29, 1.82) is 0 Å². The van der Waals surface area contributed by atoms with Crippen molar-refractivity contribution in [2.45, 2.75) is 19.9 Å². The van der Waals surface area contributed by atoms with E-state index >= 15 is 0 Å². The highest BCUT2D eigenvalue weighted by molar-refractivity contribution is 5.99. The summed E-state index contributed by atoms with van der Waals surface area (Å²) in [7, 11) is 1.64. The number of ether oxygens (including phenoxy) is 1. The Morgan fingerprint density at radius 2 is 1.81 bits per heavy atom. The highest BCUT2D eigenvalue weighted by Gasteiger charge is 2.19. The topological polar surface area (TPSA) is 77.3 Å². The molecule has 0 saturated heterocycles. The number of anilines is 1. The van der Waals surface area contributed by atoms with Gasteiger partial charge in [-0.15, -0.1) is 0 Å². The second-order valence-electron chi connectivity index (χ2n) is 6.45. The third-order valence-electron chi connectivity index (χ3n) is 4.44. The van der Waals surface area contributed by atoms with Crippen molar-refractivity contribution >= 4 is 22.1 Å². The van der Waals surface area contributed by atoms with E-state index in [4.69, 9.17) is 4.74 Å². The molecule has 0 aliphatic rings. The molecule has 1 N–H and O–H groups in total.